The van der Waals surface area contributed by atoms with Gasteiger partial charge < -0.3 is 25.3 Å². The number of methoxy groups -OCH3 is 1. The molecule has 0 aromatic carbocycles. The predicted molar refractivity (Wildman–Crippen MR) is 127 cm³/mol. The van der Waals surface area contributed by atoms with Crippen LogP contribution in [0.5, 0.6) is 5.88 Å². The van der Waals surface area contributed by atoms with E-state index in [9.17, 15) is 9.36 Å². The molecule has 2 aromatic heterocycles. The fourth-order valence-electron chi connectivity index (χ4n) is 4.10. The minimum atomic E-state index is -4.22. The highest BCUT2D eigenvalue weighted by Gasteiger charge is 2.62. The number of carbonyl (C=O) groups excluding carboxylic acids is 1. The maximum absolute atomic E-state index is 16.3. The molecule has 0 unspecified atom stereocenters. The summed E-state index contributed by atoms with van der Waals surface area (Å²) in [5.41, 5.74) is 3.60. The Morgan fingerprint density at radius 3 is 2.81 bits per heavy atom. The fourth-order valence-corrected chi connectivity index (χ4v) is 5.58. The summed E-state index contributed by atoms with van der Waals surface area (Å²) >= 11 is 0. The molecule has 14 nitrogen and oxygen atoms in total. The largest absolute Gasteiger partial charge is 0.476 e. The Kier molecular flexibility index (Phi) is 7.38. The number of rotatable bonds is 7. The van der Waals surface area contributed by atoms with Crippen molar-refractivity contribution in [3.63, 3.8) is 0 Å². The lowest BCUT2D eigenvalue weighted by molar-refractivity contribution is -0.0720. The van der Waals surface area contributed by atoms with Crippen molar-refractivity contribution in [3.05, 3.63) is 6.33 Å². The summed E-state index contributed by atoms with van der Waals surface area (Å²) in [6, 6.07) is -0.609. The Bertz CT molecular complexity index is 1200. The quantitative estimate of drug-likeness (QED) is 0.487. The number of ether oxygens (including phenoxy) is 3. The first-order chi connectivity index (χ1) is 17.3. The topological polar surface area (TPSA) is 171 Å². The average Bonchev–Trinajstić information content (AvgIpc) is 3.33. The number of phosphoric ester groups is 1. The van der Waals surface area contributed by atoms with Gasteiger partial charge in [0.25, 0.3) is 0 Å². The number of alkyl carbamates (subject to hydrolysis) is 1. The zero-order chi connectivity index (χ0) is 27.2. The number of nitrogens with one attached hydrogen (secondary N) is 1. The van der Waals surface area contributed by atoms with E-state index in [1.54, 1.807) is 6.92 Å². The molecule has 2 saturated heterocycles. The van der Waals surface area contributed by atoms with Gasteiger partial charge in [-0.2, -0.15) is 9.97 Å². The van der Waals surface area contributed by atoms with Gasteiger partial charge in [0.1, 0.15) is 12.2 Å². The van der Waals surface area contributed by atoms with Crippen LogP contribution in [0.25, 0.3) is 11.2 Å². The first-order valence-corrected chi connectivity index (χ1v) is 13.1. The molecule has 6 atom stereocenters. The van der Waals surface area contributed by atoms with Crippen LogP contribution in [0.15, 0.2) is 6.33 Å². The average molecular weight is 546 g/mol. The van der Waals surface area contributed by atoms with Gasteiger partial charge in [0, 0.05) is 0 Å². The molecule has 1 amide bonds. The lowest BCUT2D eigenvalue weighted by Crippen LogP contribution is -2.47. The number of nitrogen functional groups attached to an aromatic ring is 1. The van der Waals surface area contributed by atoms with Crippen LogP contribution in [0, 0.1) is 5.41 Å². The third-order valence-corrected chi connectivity index (χ3v) is 7.60. The molecule has 4 rings (SSSR count). The Labute approximate surface area is 212 Å². The van der Waals surface area contributed by atoms with Gasteiger partial charge in [-0.15, -0.1) is 0 Å². The summed E-state index contributed by atoms with van der Waals surface area (Å²) in [5, 5.41) is 2.63. The molecule has 0 bridgehead atoms. The maximum Gasteiger partial charge on any atom is 0.475 e. The maximum atomic E-state index is 16.3. The van der Waals surface area contributed by atoms with E-state index >= 15 is 4.39 Å². The van der Waals surface area contributed by atoms with Crippen molar-refractivity contribution in [1.82, 2.24) is 24.8 Å². The number of amides is 1. The van der Waals surface area contributed by atoms with Gasteiger partial charge in [-0.3, -0.25) is 18.1 Å². The molecule has 2 aliphatic rings. The molecule has 2 aliphatic heterocycles. The number of nitrogens with zero attached hydrogens (tertiary/aromatic N) is 4. The van der Waals surface area contributed by atoms with E-state index in [1.165, 1.54) is 24.9 Å². The highest BCUT2D eigenvalue weighted by molar-refractivity contribution is 7.48. The number of imidazole rings is 1. The number of carbonyl (C=O) groups is 1. The number of fused-ring (bicyclic) bond motifs is 2. The zero-order valence-electron chi connectivity index (χ0n) is 21.5. The van der Waals surface area contributed by atoms with E-state index < -0.39 is 49.5 Å². The second kappa shape index (κ2) is 9.95. The zero-order valence-corrected chi connectivity index (χ0v) is 22.4. The summed E-state index contributed by atoms with van der Waals surface area (Å²) in [6.07, 6.45) is -2.82. The van der Waals surface area contributed by atoms with E-state index in [0.717, 1.165) is 0 Å². The minimum Gasteiger partial charge on any atom is -0.476 e. The number of hydrogen-bond donors (Lipinski definition) is 2. The summed E-state index contributed by atoms with van der Waals surface area (Å²) in [4.78, 5) is 24.2. The van der Waals surface area contributed by atoms with Crippen molar-refractivity contribution >= 4 is 31.0 Å². The molecule has 37 heavy (non-hydrogen) atoms. The molecule has 16 heteroatoms. The Balaban J connectivity index is 1.55. The lowest BCUT2D eigenvalue weighted by atomic mass is 9.87. The molecule has 0 saturated carbocycles. The third kappa shape index (κ3) is 5.36. The molecular weight excluding hydrogens is 514 g/mol. The molecule has 0 spiro atoms. The number of halogens is 1. The van der Waals surface area contributed by atoms with Gasteiger partial charge >= 0.3 is 13.9 Å². The summed E-state index contributed by atoms with van der Waals surface area (Å²) in [7, 11) is -2.99. The molecule has 2 aromatic rings. The van der Waals surface area contributed by atoms with E-state index in [1.807, 2.05) is 20.8 Å². The normalized spacial score (nSPS) is 30.6. The fraction of sp³-hybridized carbons (Fsp3) is 0.714. The number of anilines is 1. The number of phosphoric acid groups is 1. The summed E-state index contributed by atoms with van der Waals surface area (Å²) < 4.78 is 63.5. The highest BCUT2D eigenvalue weighted by Crippen LogP contribution is 2.60. The molecule has 2 fully saturated rings. The van der Waals surface area contributed by atoms with E-state index in [4.69, 9.17) is 28.8 Å². The lowest BCUT2D eigenvalue weighted by Gasteiger charge is -2.35. The van der Waals surface area contributed by atoms with Crippen LogP contribution in [0.2, 0.25) is 0 Å². The van der Waals surface area contributed by atoms with Crippen molar-refractivity contribution in [1.29, 1.82) is 0 Å². The Hall–Kier alpha value is -2.58. The van der Waals surface area contributed by atoms with Gasteiger partial charge in [0.15, 0.2) is 23.1 Å². The Morgan fingerprint density at radius 2 is 2.16 bits per heavy atom. The second-order valence-electron chi connectivity index (χ2n) is 9.94. The van der Waals surface area contributed by atoms with Crippen LogP contribution in [-0.4, -0.2) is 76.5 Å². The first kappa shape index (κ1) is 27.5. The standard InChI is InChI=1S/C21H32FN6O8P/c1-7-32-16-13-15(26-18(23)27-16)28(10-24-13)17-21(5,22)14-11(35-17)8-33-37(30,36-14)34-9-12(20(2,3)4)25-19(29)31-6/h10-12,14,17H,7-9H2,1-6H3,(H,25,29)(H2,23,26,27)/t11-,12-,14-,17-,21-,37+/m1/s1. The summed E-state index contributed by atoms with van der Waals surface area (Å²) in [5.74, 6) is 0.0753. The molecule has 4 heterocycles. The van der Waals surface area contributed by atoms with Gasteiger partial charge in [-0.05, 0) is 19.3 Å². The molecule has 0 aliphatic carbocycles. The van der Waals surface area contributed by atoms with Gasteiger partial charge in [0.05, 0.1) is 39.3 Å². The monoisotopic (exact) mass is 546 g/mol. The SMILES string of the molecule is CCOc1nc(N)nc2c1ncn2[C@@H]1O[C@@H]2CO[P@@](=O)(OC[C@@H](NC(=O)OC)C(C)(C)C)O[C@H]2[C@@]1(C)F. The van der Waals surface area contributed by atoms with Crippen molar-refractivity contribution in [2.75, 3.05) is 32.7 Å². The minimum absolute atomic E-state index is 0.0832. The number of alkyl halides is 1. The Morgan fingerprint density at radius 1 is 1.43 bits per heavy atom. The molecular formula is C21H32FN6O8P. The van der Waals surface area contributed by atoms with Crippen LogP contribution < -0.4 is 15.8 Å². The van der Waals surface area contributed by atoms with E-state index in [0.29, 0.717) is 6.61 Å². The predicted octanol–water partition coefficient (Wildman–Crippen LogP) is 2.74. The van der Waals surface area contributed by atoms with Gasteiger partial charge in [-0.25, -0.2) is 18.7 Å². The van der Waals surface area contributed by atoms with Crippen LogP contribution in [0.4, 0.5) is 15.1 Å². The van der Waals surface area contributed by atoms with Crippen molar-refractivity contribution in [2.24, 2.45) is 5.41 Å². The van der Waals surface area contributed by atoms with Crippen LogP contribution in [0.1, 0.15) is 40.8 Å². The van der Waals surface area contributed by atoms with Gasteiger partial charge in [0.2, 0.25) is 11.8 Å². The number of nitrogens with two attached hydrogens (primary N) is 1. The number of hydrogen-bond acceptors (Lipinski definition) is 12. The van der Waals surface area contributed by atoms with Crippen LogP contribution >= 0.6 is 7.82 Å². The molecule has 0 radical (unpaired) electrons. The molecule has 3 N–H and O–H groups in total. The third-order valence-electron chi connectivity index (χ3n) is 6.18. The van der Waals surface area contributed by atoms with Gasteiger partial charge in [-0.1, -0.05) is 20.8 Å². The number of aromatic nitrogens is 4. The first-order valence-electron chi connectivity index (χ1n) is 11.7. The smallest absolute Gasteiger partial charge is 0.475 e. The van der Waals surface area contributed by atoms with Crippen LogP contribution in [-0.2, 0) is 27.6 Å². The van der Waals surface area contributed by atoms with Crippen molar-refractivity contribution in [2.45, 2.75) is 64.8 Å². The van der Waals surface area contributed by atoms with E-state index in [2.05, 4.69) is 25.0 Å². The molecule has 206 valence electrons. The highest BCUT2D eigenvalue weighted by atomic mass is 31.2. The second-order valence-corrected chi connectivity index (χ2v) is 11.6. The van der Waals surface area contributed by atoms with Crippen molar-refractivity contribution in [3.8, 4) is 5.88 Å². The van der Waals surface area contributed by atoms with Crippen molar-refractivity contribution < 1.29 is 41.5 Å². The van der Waals surface area contributed by atoms with E-state index in [-0.39, 0.29) is 36.2 Å². The van der Waals surface area contributed by atoms with Crippen LogP contribution in [0.3, 0.4) is 0 Å². The summed E-state index contributed by atoms with van der Waals surface area (Å²) in [6.45, 7) is 8.41.